The molecule has 1 aliphatic carbocycles. The molecule has 1 amide bonds. The Balaban J connectivity index is 1.50. The van der Waals surface area contributed by atoms with Gasteiger partial charge in [-0.25, -0.2) is 0 Å². The third kappa shape index (κ3) is 4.35. The first-order valence-electron chi connectivity index (χ1n) is 10.5. The smallest absolute Gasteiger partial charge is 0.230 e. The van der Waals surface area contributed by atoms with Crippen LogP contribution < -0.4 is 5.32 Å². The van der Waals surface area contributed by atoms with Crippen molar-refractivity contribution in [1.29, 1.82) is 0 Å². The predicted molar refractivity (Wildman–Crippen MR) is 116 cm³/mol. The molecule has 1 saturated carbocycles. The first-order chi connectivity index (χ1) is 14.1. The Morgan fingerprint density at radius 2 is 1.76 bits per heavy atom. The number of carbonyl (C=O) groups excluding carboxylic acids is 1. The monoisotopic (exact) mass is 412 g/mol. The summed E-state index contributed by atoms with van der Waals surface area (Å²) in [6.45, 7) is 5.96. The highest BCUT2D eigenvalue weighted by molar-refractivity contribution is 6.30. The molecule has 1 N–H and O–H groups in total. The second-order valence-electron chi connectivity index (χ2n) is 8.23. The van der Waals surface area contributed by atoms with E-state index in [4.69, 9.17) is 16.3 Å². The first kappa shape index (κ1) is 20.4. The van der Waals surface area contributed by atoms with Gasteiger partial charge in [-0.3, -0.25) is 9.69 Å². The minimum Gasteiger partial charge on any atom is -0.379 e. The van der Waals surface area contributed by atoms with Crippen LogP contribution in [0.1, 0.15) is 42.0 Å². The summed E-state index contributed by atoms with van der Waals surface area (Å²) in [4.78, 5) is 15.7. The zero-order valence-electron chi connectivity index (χ0n) is 17.0. The van der Waals surface area contributed by atoms with Crippen molar-refractivity contribution in [3.05, 3.63) is 70.2 Å². The maximum atomic E-state index is 13.3. The lowest BCUT2D eigenvalue weighted by atomic mass is 9.64. The fourth-order valence-electron chi connectivity index (χ4n) is 4.44. The number of benzene rings is 2. The Morgan fingerprint density at radius 1 is 1.10 bits per heavy atom. The van der Waals surface area contributed by atoms with Crippen LogP contribution in [0.25, 0.3) is 0 Å². The molecule has 0 spiro atoms. The Morgan fingerprint density at radius 3 is 2.34 bits per heavy atom. The number of carbonyl (C=O) groups is 1. The number of amides is 1. The highest BCUT2D eigenvalue weighted by atomic mass is 35.5. The van der Waals surface area contributed by atoms with Gasteiger partial charge in [-0.1, -0.05) is 60.0 Å². The van der Waals surface area contributed by atoms with Gasteiger partial charge in [-0.2, -0.15) is 0 Å². The number of hydrogen-bond acceptors (Lipinski definition) is 3. The van der Waals surface area contributed by atoms with Gasteiger partial charge in [-0.15, -0.1) is 0 Å². The van der Waals surface area contributed by atoms with Gasteiger partial charge < -0.3 is 10.1 Å². The van der Waals surface area contributed by atoms with E-state index in [0.29, 0.717) is 11.6 Å². The minimum atomic E-state index is -0.409. The van der Waals surface area contributed by atoms with Crippen LogP contribution in [0.5, 0.6) is 0 Å². The van der Waals surface area contributed by atoms with Crippen LogP contribution in [0.15, 0.2) is 48.5 Å². The number of morpholine rings is 1. The largest absolute Gasteiger partial charge is 0.379 e. The molecule has 0 radical (unpaired) electrons. The summed E-state index contributed by atoms with van der Waals surface area (Å²) < 4.78 is 5.54. The van der Waals surface area contributed by atoms with Crippen molar-refractivity contribution in [2.24, 2.45) is 0 Å². The molecule has 0 aromatic heterocycles. The van der Waals surface area contributed by atoms with Gasteiger partial charge >= 0.3 is 0 Å². The number of rotatable bonds is 6. The maximum Gasteiger partial charge on any atom is 0.230 e. The number of halogens is 1. The Kier molecular flexibility index (Phi) is 6.23. The molecule has 29 heavy (non-hydrogen) atoms. The number of ether oxygens (including phenoxy) is 1. The highest BCUT2D eigenvalue weighted by Crippen LogP contribution is 2.44. The summed E-state index contributed by atoms with van der Waals surface area (Å²) >= 11 is 6.05. The van der Waals surface area contributed by atoms with Crippen LogP contribution in [0.4, 0.5) is 0 Å². The van der Waals surface area contributed by atoms with Crippen LogP contribution in [0, 0.1) is 6.92 Å². The fourth-order valence-corrected chi connectivity index (χ4v) is 4.57. The molecule has 5 heteroatoms. The quantitative estimate of drug-likeness (QED) is 0.770. The number of aryl methyl sites for hydroxylation is 1. The van der Waals surface area contributed by atoms with Gasteiger partial charge in [0, 0.05) is 24.7 Å². The van der Waals surface area contributed by atoms with Crippen molar-refractivity contribution in [3.63, 3.8) is 0 Å². The van der Waals surface area contributed by atoms with E-state index in [-0.39, 0.29) is 11.9 Å². The molecule has 2 fully saturated rings. The molecule has 1 atom stereocenters. The van der Waals surface area contributed by atoms with E-state index >= 15 is 0 Å². The SMILES string of the molecule is Cc1ccc(C(CNC(=O)C2(c3ccc(Cl)cc3)CCC2)N2CCOCC2)cc1. The standard InChI is InChI=1S/C24H29ClN2O2/c1-18-3-5-19(6-4-18)22(27-13-15-29-16-14-27)17-26-23(28)24(11-2-12-24)20-7-9-21(25)10-8-20/h3-10,22H,2,11-17H2,1H3,(H,26,28). The van der Waals surface area contributed by atoms with E-state index in [2.05, 4.69) is 41.4 Å². The molecule has 0 bridgehead atoms. The molecule has 4 nitrogen and oxygen atoms in total. The minimum absolute atomic E-state index is 0.136. The van der Waals surface area contributed by atoms with Crippen molar-refractivity contribution >= 4 is 17.5 Å². The first-order valence-corrected chi connectivity index (χ1v) is 10.9. The highest BCUT2D eigenvalue weighted by Gasteiger charge is 2.45. The topological polar surface area (TPSA) is 41.6 Å². The summed E-state index contributed by atoms with van der Waals surface area (Å²) in [7, 11) is 0. The van der Waals surface area contributed by atoms with Crippen molar-refractivity contribution < 1.29 is 9.53 Å². The number of hydrogen-bond donors (Lipinski definition) is 1. The van der Waals surface area contributed by atoms with E-state index in [1.165, 1.54) is 11.1 Å². The second-order valence-corrected chi connectivity index (χ2v) is 8.66. The molecular weight excluding hydrogens is 384 g/mol. The van der Waals surface area contributed by atoms with Gasteiger partial charge in [0.25, 0.3) is 0 Å². The van der Waals surface area contributed by atoms with Crippen LogP contribution in [-0.2, 0) is 14.9 Å². The molecule has 1 heterocycles. The van der Waals surface area contributed by atoms with Crippen LogP contribution in [-0.4, -0.2) is 43.7 Å². The fraction of sp³-hybridized carbons (Fsp3) is 0.458. The molecule has 4 rings (SSSR count). The summed E-state index contributed by atoms with van der Waals surface area (Å²) in [5.41, 5.74) is 3.15. The molecule has 1 unspecified atom stereocenters. The van der Waals surface area contributed by atoms with Gasteiger partial charge in [-0.05, 0) is 43.0 Å². The van der Waals surface area contributed by atoms with Crippen molar-refractivity contribution in [2.45, 2.75) is 37.6 Å². The number of nitrogens with one attached hydrogen (secondary N) is 1. The van der Waals surface area contributed by atoms with Gasteiger partial charge in [0.15, 0.2) is 0 Å². The van der Waals surface area contributed by atoms with Crippen molar-refractivity contribution in [2.75, 3.05) is 32.8 Å². The lowest BCUT2D eigenvalue weighted by Crippen LogP contribution is -2.51. The third-order valence-electron chi connectivity index (χ3n) is 6.44. The summed E-state index contributed by atoms with van der Waals surface area (Å²) in [6, 6.07) is 16.6. The third-order valence-corrected chi connectivity index (χ3v) is 6.70. The predicted octanol–water partition coefficient (Wildman–Crippen LogP) is 4.26. The lowest BCUT2D eigenvalue weighted by molar-refractivity contribution is -0.130. The summed E-state index contributed by atoms with van der Waals surface area (Å²) in [5, 5.41) is 4.00. The van der Waals surface area contributed by atoms with Crippen LogP contribution in [0.3, 0.4) is 0 Å². The van der Waals surface area contributed by atoms with Crippen molar-refractivity contribution in [1.82, 2.24) is 10.2 Å². The number of nitrogens with zero attached hydrogens (tertiary/aromatic N) is 1. The summed E-state index contributed by atoms with van der Waals surface area (Å²) in [5.74, 6) is 0.136. The molecular formula is C24H29ClN2O2. The summed E-state index contributed by atoms with van der Waals surface area (Å²) in [6.07, 6.45) is 2.88. The van der Waals surface area contributed by atoms with Gasteiger partial charge in [0.2, 0.25) is 5.91 Å². The molecule has 2 aliphatic rings. The normalized spacial score (nSPS) is 19.9. The zero-order valence-corrected chi connectivity index (χ0v) is 17.8. The zero-order chi connectivity index (χ0) is 20.3. The van der Waals surface area contributed by atoms with Crippen LogP contribution >= 0.6 is 11.6 Å². The van der Waals surface area contributed by atoms with Gasteiger partial charge in [0.05, 0.1) is 24.7 Å². The average Bonchev–Trinajstić information content (AvgIpc) is 2.71. The maximum absolute atomic E-state index is 13.3. The second kappa shape index (κ2) is 8.86. The molecule has 1 saturated heterocycles. The van der Waals surface area contributed by atoms with E-state index in [9.17, 15) is 4.79 Å². The molecule has 2 aromatic carbocycles. The molecule has 1 aliphatic heterocycles. The van der Waals surface area contributed by atoms with Crippen LogP contribution in [0.2, 0.25) is 5.02 Å². The Bertz CT molecular complexity index is 825. The van der Waals surface area contributed by atoms with E-state index in [1.54, 1.807) is 0 Å². The average molecular weight is 413 g/mol. The Hall–Kier alpha value is -1.88. The van der Waals surface area contributed by atoms with E-state index in [0.717, 1.165) is 51.1 Å². The molecule has 154 valence electrons. The van der Waals surface area contributed by atoms with Crippen molar-refractivity contribution in [3.8, 4) is 0 Å². The lowest BCUT2D eigenvalue weighted by Gasteiger charge is -2.42. The van der Waals surface area contributed by atoms with E-state index < -0.39 is 5.41 Å². The van der Waals surface area contributed by atoms with E-state index in [1.807, 2.05) is 24.3 Å². The Labute approximate surface area is 178 Å². The van der Waals surface area contributed by atoms with Gasteiger partial charge in [0.1, 0.15) is 0 Å². The molecule has 2 aromatic rings.